The second-order valence-corrected chi connectivity index (χ2v) is 8.80. The van der Waals surface area contributed by atoms with Gasteiger partial charge in [-0.05, 0) is 45.1 Å². The number of amides is 1. The number of nitrogens with one attached hydrogen (secondary N) is 1. The Hall–Kier alpha value is -2.92. The molecule has 5 heteroatoms. The SMILES string of the molecule is C=CCNC(=O)c1cc(-c2csc(-c3ccccc3)n2)n(CCC2=CCCCC2)c1C. The Bertz CT molecular complexity index is 1090. The molecule has 0 spiro atoms. The van der Waals surface area contributed by atoms with Crippen LogP contribution in [0.15, 0.2) is 66.1 Å². The molecule has 0 bridgehead atoms. The first-order valence-corrected chi connectivity index (χ1v) is 11.8. The van der Waals surface area contributed by atoms with Crippen LogP contribution in [-0.2, 0) is 6.54 Å². The smallest absolute Gasteiger partial charge is 0.253 e. The predicted molar refractivity (Wildman–Crippen MR) is 129 cm³/mol. The summed E-state index contributed by atoms with van der Waals surface area (Å²) in [5, 5.41) is 6.01. The van der Waals surface area contributed by atoms with Gasteiger partial charge in [-0.2, -0.15) is 0 Å². The van der Waals surface area contributed by atoms with Gasteiger partial charge in [0.2, 0.25) is 0 Å². The Morgan fingerprint density at radius 3 is 2.87 bits per heavy atom. The molecule has 0 unspecified atom stereocenters. The van der Waals surface area contributed by atoms with Gasteiger partial charge in [-0.3, -0.25) is 4.79 Å². The van der Waals surface area contributed by atoms with Gasteiger partial charge in [0.15, 0.2) is 0 Å². The zero-order valence-corrected chi connectivity index (χ0v) is 18.9. The van der Waals surface area contributed by atoms with Crippen molar-refractivity contribution in [2.45, 2.75) is 45.6 Å². The van der Waals surface area contributed by atoms with Crippen molar-refractivity contribution >= 4 is 17.2 Å². The number of hydrogen-bond acceptors (Lipinski definition) is 3. The quantitative estimate of drug-likeness (QED) is 0.420. The van der Waals surface area contributed by atoms with Crippen LogP contribution in [0.5, 0.6) is 0 Å². The van der Waals surface area contributed by atoms with Gasteiger partial charge in [-0.25, -0.2) is 4.98 Å². The van der Waals surface area contributed by atoms with Crippen LogP contribution < -0.4 is 5.32 Å². The fourth-order valence-electron chi connectivity index (χ4n) is 4.13. The molecule has 2 heterocycles. The van der Waals surface area contributed by atoms with E-state index in [0.717, 1.165) is 40.6 Å². The van der Waals surface area contributed by atoms with Crippen LogP contribution in [0.1, 0.15) is 48.2 Å². The molecule has 1 aromatic carbocycles. The Morgan fingerprint density at radius 1 is 1.29 bits per heavy atom. The number of hydrogen-bond donors (Lipinski definition) is 1. The van der Waals surface area contributed by atoms with E-state index < -0.39 is 0 Å². The maximum atomic E-state index is 12.8. The van der Waals surface area contributed by atoms with Crippen LogP contribution in [0.2, 0.25) is 0 Å². The first kappa shape index (κ1) is 21.3. The average Bonchev–Trinajstić information content (AvgIpc) is 3.42. The van der Waals surface area contributed by atoms with Gasteiger partial charge in [0.1, 0.15) is 5.01 Å². The van der Waals surface area contributed by atoms with Gasteiger partial charge >= 0.3 is 0 Å². The zero-order chi connectivity index (χ0) is 21.6. The standard InChI is InChI=1S/C26H29N3OS/c1-3-15-27-25(30)22-17-24(23-18-31-26(28-23)21-12-8-5-9-13-21)29(19(22)2)16-14-20-10-6-4-7-11-20/h3,5,8-10,12-13,17-18H,1,4,6-7,11,14-16H2,2H3,(H,27,30). The van der Waals surface area contributed by atoms with Gasteiger partial charge in [0.25, 0.3) is 5.91 Å². The van der Waals surface area contributed by atoms with Crippen molar-refractivity contribution in [3.05, 3.63) is 77.3 Å². The van der Waals surface area contributed by atoms with Crippen LogP contribution in [0.25, 0.3) is 22.0 Å². The molecule has 160 valence electrons. The van der Waals surface area contributed by atoms with Crippen molar-refractivity contribution in [2.24, 2.45) is 0 Å². The highest BCUT2D eigenvalue weighted by molar-refractivity contribution is 7.13. The molecular formula is C26H29N3OS. The van der Waals surface area contributed by atoms with Crippen molar-refractivity contribution in [3.63, 3.8) is 0 Å². The van der Waals surface area contributed by atoms with Crippen molar-refractivity contribution in [2.75, 3.05) is 6.54 Å². The molecule has 0 aliphatic heterocycles. The Balaban J connectivity index is 1.67. The minimum atomic E-state index is -0.0622. The molecule has 0 saturated carbocycles. The summed E-state index contributed by atoms with van der Waals surface area (Å²) in [5.74, 6) is -0.0622. The van der Waals surface area contributed by atoms with Crippen molar-refractivity contribution in [3.8, 4) is 22.0 Å². The molecule has 1 aliphatic carbocycles. The predicted octanol–water partition coefficient (Wildman–Crippen LogP) is 6.39. The molecule has 1 aliphatic rings. The van der Waals surface area contributed by atoms with Gasteiger partial charge in [-0.1, -0.05) is 48.1 Å². The lowest BCUT2D eigenvalue weighted by atomic mass is 9.97. The van der Waals surface area contributed by atoms with E-state index in [1.165, 1.54) is 31.3 Å². The van der Waals surface area contributed by atoms with Crippen LogP contribution in [0.3, 0.4) is 0 Å². The summed E-state index contributed by atoms with van der Waals surface area (Å²) in [6.07, 6.45) is 10.1. The Morgan fingerprint density at radius 2 is 2.13 bits per heavy atom. The number of nitrogens with zero attached hydrogens (tertiary/aromatic N) is 2. The molecule has 0 radical (unpaired) electrons. The minimum absolute atomic E-state index is 0.0622. The van der Waals surface area contributed by atoms with E-state index in [1.54, 1.807) is 17.4 Å². The summed E-state index contributed by atoms with van der Waals surface area (Å²) in [5.41, 5.74) is 6.28. The summed E-state index contributed by atoms with van der Waals surface area (Å²) in [6.45, 7) is 7.05. The van der Waals surface area contributed by atoms with E-state index in [9.17, 15) is 4.79 Å². The van der Waals surface area contributed by atoms with E-state index in [1.807, 2.05) is 31.2 Å². The van der Waals surface area contributed by atoms with Crippen LogP contribution in [0.4, 0.5) is 0 Å². The topological polar surface area (TPSA) is 46.9 Å². The molecule has 1 amide bonds. The second kappa shape index (κ2) is 9.92. The van der Waals surface area contributed by atoms with E-state index in [4.69, 9.17) is 4.98 Å². The number of thiazole rings is 1. The largest absolute Gasteiger partial charge is 0.349 e. The van der Waals surface area contributed by atoms with E-state index >= 15 is 0 Å². The third-order valence-corrected chi connectivity index (χ3v) is 6.74. The highest BCUT2D eigenvalue weighted by Gasteiger charge is 2.20. The average molecular weight is 432 g/mol. The number of carbonyl (C=O) groups is 1. The Labute approximate surface area is 188 Å². The lowest BCUT2D eigenvalue weighted by Crippen LogP contribution is -2.23. The highest BCUT2D eigenvalue weighted by atomic mass is 32.1. The third kappa shape index (κ3) is 4.88. The number of benzene rings is 1. The molecule has 0 fully saturated rings. The molecule has 0 atom stereocenters. The summed E-state index contributed by atoms with van der Waals surface area (Å²) >= 11 is 1.64. The normalized spacial score (nSPS) is 13.6. The van der Waals surface area contributed by atoms with Gasteiger partial charge in [-0.15, -0.1) is 17.9 Å². The molecule has 4 nitrogen and oxygen atoms in total. The molecule has 31 heavy (non-hydrogen) atoms. The maximum Gasteiger partial charge on any atom is 0.253 e. The lowest BCUT2D eigenvalue weighted by molar-refractivity contribution is 0.0957. The first-order chi connectivity index (χ1) is 15.2. The molecular weight excluding hydrogens is 402 g/mol. The first-order valence-electron chi connectivity index (χ1n) is 11.0. The summed E-state index contributed by atoms with van der Waals surface area (Å²) < 4.78 is 2.27. The molecule has 3 aromatic rings. The van der Waals surface area contributed by atoms with Crippen molar-refractivity contribution < 1.29 is 4.79 Å². The van der Waals surface area contributed by atoms with E-state index in [2.05, 4.69) is 40.1 Å². The number of rotatable bonds is 8. The van der Waals surface area contributed by atoms with E-state index in [0.29, 0.717) is 12.1 Å². The Kier molecular flexibility index (Phi) is 6.82. The maximum absolute atomic E-state index is 12.8. The lowest BCUT2D eigenvalue weighted by Gasteiger charge is -2.15. The van der Waals surface area contributed by atoms with Crippen LogP contribution >= 0.6 is 11.3 Å². The summed E-state index contributed by atoms with van der Waals surface area (Å²) in [7, 11) is 0. The zero-order valence-electron chi connectivity index (χ0n) is 18.1. The molecule has 1 N–H and O–H groups in total. The van der Waals surface area contributed by atoms with Crippen LogP contribution in [-0.4, -0.2) is 22.0 Å². The van der Waals surface area contributed by atoms with Gasteiger partial charge in [0, 0.05) is 29.7 Å². The van der Waals surface area contributed by atoms with Crippen molar-refractivity contribution in [1.29, 1.82) is 0 Å². The van der Waals surface area contributed by atoms with Crippen molar-refractivity contribution in [1.82, 2.24) is 14.9 Å². The fourth-order valence-corrected chi connectivity index (χ4v) is 4.95. The van der Waals surface area contributed by atoms with Crippen LogP contribution in [0, 0.1) is 6.92 Å². The summed E-state index contributed by atoms with van der Waals surface area (Å²) in [4.78, 5) is 17.7. The monoisotopic (exact) mass is 431 g/mol. The van der Waals surface area contributed by atoms with E-state index in [-0.39, 0.29) is 5.91 Å². The minimum Gasteiger partial charge on any atom is -0.349 e. The number of aromatic nitrogens is 2. The molecule has 0 saturated heterocycles. The van der Waals surface area contributed by atoms with Gasteiger partial charge < -0.3 is 9.88 Å². The molecule has 2 aromatic heterocycles. The summed E-state index contributed by atoms with van der Waals surface area (Å²) in [6, 6.07) is 12.2. The second-order valence-electron chi connectivity index (χ2n) is 7.94. The third-order valence-electron chi connectivity index (χ3n) is 5.85. The highest BCUT2D eigenvalue weighted by Crippen LogP contribution is 2.32. The van der Waals surface area contributed by atoms with Gasteiger partial charge in [0.05, 0.1) is 17.0 Å². The molecule has 4 rings (SSSR count). The number of carbonyl (C=O) groups excluding carboxylic acids is 1. The fraction of sp³-hybridized carbons (Fsp3) is 0.308. The number of allylic oxidation sites excluding steroid dienone is 2.